The van der Waals surface area contributed by atoms with E-state index < -0.39 is 22.0 Å². The van der Waals surface area contributed by atoms with E-state index in [1.807, 2.05) is 0 Å². The van der Waals surface area contributed by atoms with Gasteiger partial charge in [-0.2, -0.15) is 0 Å². The molecule has 2 unspecified atom stereocenters. The Balaban J connectivity index is 3.07. The van der Waals surface area contributed by atoms with Gasteiger partial charge >= 0.3 is 5.97 Å². The number of aliphatic hydroxyl groups excluding tert-OH is 1. The Morgan fingerprint density at radius 1 is 1.43 bits per heavy atom. The summed E-state index contributed by atoms with van der Waals surface area (Å²) in [6.07, 6.45) is 0. The summed E-state index contributed by atoms with van der Waals surface area (Å²) in [5, 5.41) is 9.04. The van der Waals surface area contributed by atoms with Crippen LogP contribution in [0.3, 0.4) is 0 Å². The highest BCUT2D eigenvalue weighted by molar-refractivity contribution is 7.89. The minimum atomic E-state index is -3.83. The summed E-state index contributed by atoms with van der Waals surface area (Å²) in [5.41, 5.74) is 5.83. The molecule has 0 bridgehead atoms. The molecule has 0 amide bonds. The summed E-state index contributed by atoms with van der Waals surface area (Å²) in [6.45, 7) is 3.23. The average Bonchev–Trinajstić information content (AvgIpc) is 2.44. The highest BCUT2D eigenvalue weighted by Crippen LogP contribution is 2.21. The third kappa shape index (κ3) is 4.16. The Labute approximate surface area is 124 Å². The molecule has 1 aromatic carbocycles. The van der Waals surface area contributed by atoms with Crippen molar-refractivity contribution in [3.05, 3.63) is 23.8 Å². The SMILES string of the molecule is COC(=O)c1ccc(S(=O)(=O)NC(C)C(C)CO)c(N)c1. The van der Waals surface area contributed by atoms with Gasteiger partial charge in [-0.05, 0) is 31.0 Å². The van der Waals surface area contributed by atoms with Gasteiger partial charge in [0, 0.05) is 12.6 Å². The molecule has 0 aliphatic carbocycles. The summed E-state index contributed by atoms with van der Waals surface area (Å²) < 4.78 is 31.5. The number of benzene rings is 1. The van der Waals surface area contributed by atoms with Crippen molar-refractivity contribution in [3.8, 4) is 0 Å². The van der Waals surface area contributed by atoms with E-state index in [0.29, 0.717) is 0 Å². The van der Waals surface area contributed by atoms with Gasteiger partial charge in [-0.3, -0.25) is 0 Å². The van der Waals surface area contributed by atoms with Crippen molar-refractivity contribution in [1.29, 1.82) is 0 Å². The number of nitrogens with one attached hydrogen (secondary N) is 1. The predicted octanol–water partition coefficient (Wildman–Crippen LogP) is 0.351. The van der Waals surface area contributed by atoms with E-state index >= 15 is 0 Å². The molecule has 7 nitrogen and oxygen atoms in total. The van der Waals surface area contributed by atoms with Crippen molar-refractivity contribution in [3.63, 3.8) is 0 Å². The molecule has 0 aromatic heterocycles. The zero-order chi connectivity index (χ0) is 16.2. The van der Waals surface area contributed by atoms with E-state index in [0.717, 1.165) is 0 Å². The minimum Gasteiger partial charge on any atom is -0.465 e. The normalized spacial score (nSPS) is 14.5. The van der Waals surface area contributed by atoms with Gasteiger partial charge in [-0.1, -0.05) is 6.92 Å². The van der Waals surface area contributed by atoms with Crippen LogP contribution in [0.5, 0.6) is 0 Å². The topological polar surface area (TPSA) is 119 Å². The number of esters is 1. The minimum absolute atomic E-state index is 0.0470. The molecule has 0 spiro atoms. The van der Waals surface area contributed by atoms with E-state index in [1.54, 1.807) is 13.8 Å². The van der Waals surface area contributed by atoms with Gasteiger partial charge in [0.15, 0.2) is 0 Å². The van der Waals surface area contributed by atoms with Gasteiger partial charge in [-0.25, -0.2) is 17.9 Å². The second kappa shape index (κ2) is 6.88. The highest BCUT2D eigenvalue weighted by atomic mass is 32.2. The van der Waals surface area contributed by atoms with Crippen LogP contribution >= 0.6 is 0 Å². The third-order valence-electron chi connectivity index (χ3n) is 3.20. The number of hydrogen-bond acceptors (Lipinski definition) is 6. The van der Waals surface area contributed by atoms with Crippen LogP contribution in [-0.2, 0) is 14.8 Å². The fourth-order valence-corrected chi connectivity index (χ4v) is 3.09. The summed E-state index contributed by atoms with van der Waals surface area (Å²) in [7, 11) is -2.61. The first kappa shape index (κ1) is 17.4. The molecule has 8 heteroatoms. The maximum atomic E-state index is 12.2. The van der Waals surface area contributed by atoms with Crippen molar-refractivity contribution in [2.45, 2.75) is 24.8 Å². The van der Waals surface area contributed by atoms with Crippen LogP contribution in [0.15, 0.2) is 23.1 Å². The molecular weight excluding hydrogens is 296 g/mol. The molecule has 0 heterocycles. The Kier molecular flexibility index (Phi) is 5.70. The highest BCUT2D eigenvalue weighted by Gasteiger charge is 2.23. The van der Waals surface area contributed by atoms with Crippen LogP contribution < -0.4 is 10.5 Å². The number of hydrogen-bond donors (Lipinski definition) is 3. The molecule has 0 saturated carbocycles. The molecule has 1 rings (SSSR count). The van der Waals surface area contributed by atoms with Gasteiger partial charge in [-0.15, -0.1) is 0 Å². The van der Waals surface area contributed by atoms with E-state index in [4.69, 9.17) is 10.8 Å². The molecule has 21 heavy (non-hydrogen) atoms. The van der Waals surface area contributed by atoms with Gasteiger partial charge in [0.25, 0.3) is 0 Å². The van der Waals surface area contributed by atoms with Crippen LogP contribution in [0.2, 0.25) is 0 Å². The molecule has 0 fully saturated rings. The fraction of sp³-hybridized carbons (Fsp3) is 0.462. The second-order valence-electron chi connectivity index (χ2n) is 4.81. The van der Waals surface area contributed by atoms with Gasteiger partial charge in [0.2, 0.25) is 10.0 Å². The number of ether oxygens (including phenoxy) is 1. The molecule has 0 saturated heterocycles. The number of rotatable bonds is 6. The van der Waals surface area contributed by atoms with Gasteiger partial charge in [0.1, 0.15) is 4.90 Å². The number of carbonyl (C=O) groups excluding carboxylic acids is 1. The van der Waals surface area contributed by atoms with Gasteiger partial charge in [0.05, 0.1) is 18.4 Å². The number of nitrogens with two attached hydrogens (primary N) is 1. The average molecular weight is 316 g/mol. The lowest BCUT2D eigenvalue weighted by molar-refractivity contribution is 0.0600. The van der Waals surface area contributed by atoms with Crippen LogP contribution in [0.4, 0.5) is 5.69 Å². The van der Waals surface area contributed by atoms with Crippen molar-refractivity contribution in [1.82, 2.24) is 4.72 Å². The summed E-state index contributed by atoms with van der Waals surface area (Å²) in [6, 6.07) is 3.37. The quantitative estimate of drug-likeness (QED) is 0.515. The lowest BCUT2D eigenvalue weighted by Crippen LogP contribution is -2.38. The fourth-order valence-electron chi connectivity index (χ4n) is 1.62. The Morgan fingerprint density at radius 2 is 2.05 bits per heavy atom. The molecule has 1 aromatic rings. The van der Waals surface area contributed by atoms with Crippen LogP contribution in [0.25, 0.3) is 0 Å². The van der Waals surface area contributed by atoms with Crippen LogP contribution in [0, 0.1) is 5.92 Å². The van der Waals surface area contributed by atoms with Crippen LogP contribution in [-0.4, -0.2) is 39.3 Å². The maximum Gasteiger partial charge on any atom is 0.337 e. The third-order valence-corrected chi connectivity index (χ3v) is 4.84. The number of carbonyl (C=O) groups is 1. The second-order valence-corrected chi connectivity index (χ2v) is 6.50. The lowest BCUT2D eigenvalue weighted by Gasteiger charge is -2.19. The summed E-state index contributed by atoms with van der Waals surface area (Å²) in [4.78, 5) is 11.2. The number of aliphatic hydroxyl groups is 1. The standard InChI is InChI=1S/C13H20N2O5S/c1-8(7-16)9(2)15-21(18,19)12-5-4-10(6-11(12)14)13(17)20-3/h4-6,8-9,15-16H,7,14H2,1-3H3. The first-order valence-electron chi connectivity index (χ1n) is 6.34. The van der Waals surface area contributed by atoms with Crippen molar-refractivity contribution in [2.24, 2.45) is 5.92 Å². The molecule has 0 aliphatic heterocycles. The first-order valence-corrected chi connectivity index (χ1v) is 7.82. The largest absolute Gasteiger partial charge is 0.465 e. The molecule has 4 N–H and O–H groups in total. The molecule has 0 radical (unpaired) electrons. The number of methoxy groups -OCH3 is 1. The maximum absolute atomic E-state index is 12.2. The summed E-state index contributed by atoms with van der Waals surface area (Å²) >= 11 is 0. The number of nitrogen functional groups attached to an aromatic ring is 1. The van der Waals surface area contributed by atoms with Crippen molar-refractivity contribution < 1.29 is 23.1 Å². The smallest absolute Gasteiger partial charge is 0.337 e. The predicted molar refractivity (Wildman–Crippen MR) is 78.2 cm³/mol. The Bertz CT molecular complexity index is 615. The first-order chi connectivity index (χ1) is 9.72. The van der Waals surface area contributed by atoms with E-state index in [1.165, 1.54) is 25.3 Å². The molecule has 118 valence electrons. The monoisotopic (exact) mass is 316 g/mol. The van der Waals surface area contributed by atoms with E-state index in [-0.39, 0.29) is 28.7 Å². The van der Waals surface area contributed by atoms with E-state index in [2.05, 4.69) is 9.46 Å². The number of sulfonamides is 1. The Morgan fingerprint density at radius 3 is 2.52 bits per heavy atom. The zero-order valence-corrected chi connectivity index (χ0v) is 13.0. The van der Waals surface area contributed by atoms with E-state index in [9.17, 15) is 13.2 Å². The van der Waals surface area contributed by atoms with Crippen molar-refractivity contribution in [2.75, 3.05) is 19.5 Å². The molecular formula is C13H20N2O5S. The number of anilines is 1. The zero-order valence-electron chi connectivity index (χ0n) is 12.2. The Hall–Kier alpha value is -1.64. The molecule has 2 atom stereocenters. The summed E-state index contributed by atoms with van der Waals surface area (Å²) in [5.74, 6) is -0.837. The lowest BCUT2D eigenvalue weighted by atomic mass is 10.1. The van der Waals surface area contributed by atoms with Crippen LogP contribution in [0.1, 0.15) is 24.2 Å². The molecule has 0 aliphatic rings. The van der Waals surface area contributed by atoms with Gasteiger partial charge < -0.3 is 15.6 Å². The van der Waals surface area contributed by atoms with Crippen molar-refractivity contribution >= 4 is 21.7 Å².